The predicted octanol–water partition coefficient (Wildman–Crippen LogP) is 4.40. The molecule has 1 aromatic carbocycles. The molecular formula is C15H18ClN3O. The van der Waals surface area contributed by atoms with Gasteiger partial charge < -0.3 is 10.1 Å². The van der Waals surface area contributed by atoms with Crippen molar-refractivity contribution in [2.24, 2.45) is 0 Å². The van der Waals surface area contributed by atoms with Crippen LogP contribution in [0.1, 0.15) is 30.9 Å². The predicted molar refractivity (Wildman–Crippen MR) is 81.9 cm³/mol. The molecular weight excluding hydrogens is 274 g/mol. The summed E-state index contributed by atoms with van der Waals surface area (Å²) in [7, 11) is 1.84. The molecule has 0 aliphatic rings. The highest BCUT2D eigenvalue weighted by atomic mass is 35.5. The Hall–Kier alpha value is -1.81. The number of ether oxygens (including phenoxy) is 1. The van der Waals surface area contributed by atoms with Crippen LogP contribution < -0.4 is 10.1 Å². The molecule has 0 fully saturated rings. The van der Waals surface area contributed by atoms with Crippen molar-refractivity contribution in [1.29, 1.82) is 0 Å². The Balaban J connectivity index is 2.40. The molecule has 2 rings (SSSR count). The second-order valence-electron chi connectivity index (χ2n) is 4.86. The van der Waals surface area contributed by atoms with Gasteiger partial charge in [-0.25, -0.2) is 9.97 Å². The van der Waals surface area contributed by atoms with Crippen LogP contribution in [-0.4, -0.2) is 17.0 Å². The van der Waals surface area contributed by atoms with E-state index in [4.69, 9.17) is 16.3 Å². The normalized spacial score (nSPS) is 10.7. The number of nitrogens with zero attached hydrogens (tertiary/aromatic N) is 2. The Morgan fingerprint density at radius 3 is 2.60 bits per heavy atom. The largest absolute Gasteiger partial charge is 0.439 e. The Labute approximate surface area is 124 Å². The lowest BCUT2D eigenvalue weighted by atomic mass is 10.1. The van der Waals surface area contributed by atoms with E-state index in [2.05, 4.69) is 29.1 Å². The quantitative estimate of drug-likeness (QED) is 0.907. The summed E-state index contributed by atoms with van der Waals surface area (Å²) in [6, 6.07) is 5.55. The average molecular weight is 292 g/mol. The zero-order valence-corrected chi connectivity index (χ0v) is 12.8. The summed E-state index contributed by atoms with van der Waals surface area (Å²) in [6.45, 7) is 6.11. The zero-order chi connectivity index (χ0) is 14.7. The van der Waals surface area contributed by atoms with Gasteiger partial charge in [-0.1, -0.05) is 25.4 Å². The molecule has 20 heavy (non-hydrogen) atoms. The van der Waals surface area contributed by atoms with Crippen molar-refractivity contribution in [2.45, 2.75) is 26.7 Å². The number of nitrogens with one attached hydrogen (secondary N) is 1. The van der Waals surface area contributed by atoms with Gasteiger partial charge in [-0.15, -0.1) is 0 Å². The van der Waals surface area contributed by atoms with E-state index in [1.807, 2.05) is 32.2 Å². The van der Waals surface area contributed by atoms with Crippen molar-refractivity contribution >= 4 is 17.4 Å². The molecule has 4 nitrogen and oxygen atoms in total. The first kappa shape index (κ1) is 14.6. The van der Waals surface area contributed by atoms with Gasteiger partial charge in [0.2, 0.25) is 5.88 Å². The van der Waals surface area contributed by atoms with Crippen molar-refractivity contribution in [3.8, 4) is 11.6 Å². The van der Waals surface area contributed by atoms with E-state index in [-0.39, 0.29) is 5.92 Å². The third-order valence-electron chi connectivity index (χ3n) is 3.01. The fraction of sp³-hybridized carbons (Fsp3) is 0.333. The van der Waals surface area contributed by atoms with Crippen LogP contribution in [0.25, 0.3) is 0 Å². The number of aryl methyl sites for hydroxylation is 1. The highest BCUT2D eigenvalue weighted by molar-refractivity contribution is 6.31. The molecule has 1 N–H and O–H groups in total. The van der Waals surface area contributed by atoms with Gasteiger partial charge in [-0.05, 0) is 36.6 Å². The summed E-state index contributed by atoms with van der Waals surface area (Å²) < 4.78 is 5.90. The minimum atomic E-state index is 0.252. The van der Waals surface area contributed by atoms with Crippen LogP contribution in [0.4, 0.5) is 5.82 Å². The lowest BCUT2D eigenvalue weighted by Crippen LogP contribution is -2.04. The highest BCUT2D eigenvalue weighted by Crippen LogP contribution is 2.33. The third kappa shape index (κ3) is 3.02. The number of benzene rings is 1. The topological polar surface area (TPSA) is 47.0 Å². The highest BCUT2D eigenvalue weighted by Gasteiger charge is 2.16. The SMILES string of the molecule is CNc1ncnc(Oc2ccc(Cl)c(C)c2)c1C(C)C. The van der Waals surface area contributed by atoms with Crippen LogP contribution in [0.15, 0.2) is 24.5 Å². The molecule has 2 aromatic rings. The Bertz CT molecular complexity index is 614. The minimum Gasteiger partial charge on any atom is -0.439 e. The van der Waals surface area contributed by atoms with Gasteiger partial charge in [0.25, 0.3) is 0 Å². The molecule has 0 aliphatic carbocycles. The maximum Gasteiger partial charge on any atom is 0.227 e. The van der Waals surface area contributed by atoms with Crippen molar-refractivity contribution in [2.75, 3.05) is 12.4 Å². The van der Waals surface area contributed by atoms with Gasteiger partial charge in [0, 0.05) is 12.1 Å². The first-order valence-corrected chi connectivity index (χ1v) is 6.87. The molecule has 1 heterocycles. The van der Waals surface area contributed by atoms with Gasteiger partial charge in [0.05, 0.1) is 5.56 Å². The minimum absolute atomic E-state index is 0.252. The van der Waals surface area contributed by atoms with Gasteiger partial charge in [-0.2, -0.15) is 0 Å². The molecule has 0 spiro atoms. The number of hydrogen-bond acceptors (Lipinski definition) is 4. The summed E-state index contributed by atoms with van der Waals surface area (Å²) >= 11 is 6.02. The van der Waals surface area contributed by atoms with Crippen LogP contribution in [-0.2, 0) is 0 Å². The number of aromatic nitrogens is 2. The third-order valence-corrected chi connectivity index (χ3v) is 3.43. The smallest absolute Gasteiger partial charge is 0.227 e. The first-order chi connectivity index (χ1) is 9.52. The fourth-order valence-electron chi connectivity index (χ4n) is 1.97. The van der Waals surface area contributed by atoms with Gasteiger partial charge in [0.15, 0.2) is 0 Å². The molecule has 0 aliphatic heterocycles. The Kier molecular flexibility index (Phi) is 4.45. The van der Waals surface area contributed by atoms with Gasteiger partial charge >= 0.3 is 0 Å². The zero-order valence-electron chi connectivity index (χ0n) is 12.1. The maximum absolute atomic E-state index is 6.02. The van der Waals surface area contributed by atoms with E-state index < -0.39 is 0 Å². The first-order valence-electron chi connectivity index (χ1n) is 6.49. The second kappa shape index (κ2) is 6.09. The monoisotopic (exact) mass is 291 g/mol. The number of rotatable bonds is 4. The van der Waals surface area contributed by atoms with Crippen molar-refractivity contribution < 1.29 is 4.74 Å². The molecule has 5 heteroatoms. The average Bonchev–Trinajstić information content (AvgIpc) is 2.42. The van der Waals surface area contributed by atoms with E-state index in [0.717, 1.165) is 27.7 Å². The summed E-state index contributed by atoms with van der Waals surface area (Å²) in [5.74, 6) is 2.33. The molecule has 106 valence electrons. The van der Waals surface area contributed by atoms with Crippen LogP contribution >= 0.6 is 11.6 Å². The van der Waals surface area contributed by atoms with Crippen LogP contribution in [0.5, 0.6) is 11.6 Å². The van der Waals surface area contributed by atoms with Crippen LogP contribution in [0.3, 0.4) is 0 Å². The molecule has 0 bridgehead atoms. The van der Waals surface area contributed by atoms with E-state index in [9.17, 15) is 0 Å². The standard InChI is InChI=1S/C15H18ClN3O/c1-9(2)13-14(17-4)18-8-19-15(13)20-11-5-6-12(16)10(3)7-11/h5-9H,1-4H3,(H,17,18,19). The van der Waals surface area contributed by atoms with Crippen molar-refractivity contribution in [1.82, 2.24) is 9.97 Å². The van der Waals surface area contributed by atoms with Crippen LogP contribution in [0.2, 0.25) is 5.02 Å². The summed E-state index contributed by atoms with van der Waals surface area (Å²) in [6.07, 6.45) is 1.50. The molecule has 0 unspecified atom stereocenters. The second-order valence-corrected chi connectivity index (χ2v) is 5.27. The Morgan fingerprint density at radius 1 is 1.25 bits per heavy atom. The van der Waals surface area contributed by atoms with Crippen molar-refractivity contribution in [3.63, 3.8) is 0 Å². The summed E-state index contributed by atoms with van der Waals surface area (Å²) in [5, 5.41) is 3.79. The molecule has 0 atom stereocenters. The number of halogens is 1. The van der Waals surface area contributed by atoms with E-state index in [1.165, 1.54) is 6.33 Å². The van der Waals surface area contributed by atoms with E-state index in [0.29, 0.717) is 5.88 Å². The fourth-order valence-corrected chi connectivity index (χ4v) is 2.09. The Morgan fingerprint density at radius 2 is 2.00 bits per heavy atom. The summed E-state index contributed by atoms with van der Waals surface area (Å²) in [5.41, 5.74) is 1.93. The van der Waals surface area contributed by atoms with Gasteiger partial charge in [-0.3, -0.25) is 0 Å². The lowest BCUT2D eigenvalue weighted by Gasteiger charge is -2.15. The van der Waals surface area contributed by atoms with Crippen LogP contribution in [0, 0.1) is 6.92 Å². The summed E-state index contributed by atoms with van der Waals surface area (Å²) in [4.78, 5) is 8.48. The molecule has 0 radical (unpaired) electrons. The van der Waals surface area contributed by atoms with Crippen molar-refractivity contribution in [3.05, 3.63) is 40.7 Å². The van der Waals surface area contributed by atoms with E-state index in [1.54, 1.807) is 0 Å². The maximum atomic E-state index is 6.02. The van der Waals surface area contributed by atoms with Gasteiger partial charge in [0.1, 0.15) is 17.9 Å². The molecule has 0 amide bonds. The number of anilines is 1. The molecule has 0 saturated heterocycles. The lowest BCUT2D eigenvalue weighted by molar-refractivity contribution is 0.451. The number of hydrogen-bond donors (Lipinski definition) is 1. The molecule has 1 aromatic heterocycles. The molecule has 0 saturated carbocycles. The van der Waals surface area contributed by atoms with E-state index >= 15 is 0 Å².